The Morgan fingerprint density at radius 2 is 1.43 bits per heavy atom. The summed E-state index contributed by atoms with van der Waals surface area (Å²) in [5.41, 5.74) is -1.97. The summed E-state index contributed by atoms with van der Waals surface area (Å²) in [6.07, 6.45) is 2.24. The third kappa shape index (κ3) is 6.92. The molecule has 2 heterocycles. The SMILES string of the molecule is C.C.C.C.C.C.C.C.COC(=O)C(C)(CCC1(C)CCOC1=O)C1C(=O)OC(=O)C1C1C(C)C2CC1C(C)C2C. The number of methoxy groups -OCH3 is 1. The quantitative estimate of drug-likeness (QED) is 0.178. The zero-order chi connectivity index (χ0) is 23.6. The van der Waals surface area contributed by atoms with Crippen LogP contribution in [0.3, 0.4) is 0 Å². The van der Waals surface area contributed by atoms with E-state index in [1.807, 2.05) is 6.92 Å². The summed E-state index contributed by atoms with van der Waals surface area (Å²) in [6.45, 7) is 10.6. The Bertz CT molecular complexity index is 839. The van der Waals surface area contributed by atoms with Crippen LogP contribution < -0.4 is 0 Å². The molecule has 4 rings (SSSR count). The zero-order valence-electron chi connectivity index (χ0n) is 20.0. The molecule has 2 bridgehead atoms. The lowest BCUT2D eigenvalue weighted by atomic mass is 9.58. The van der Waals surface area contributed by atoms with Crippen LogP contribution in [0.5, 0.6) is 0 Å². The summed E-state index contributed by atoms with van der Waals surface area (Å²) in [6, 6.07) is 0. The maximum absolute atomic E-state index is 13.1. The smallest absolute Gasteiger partial charge is 0.318 e. The molecule has 10 atom stereocenters. The van der Waals surface area contributed by atoms with Gasteiger partial charge in [-0.05, 0) is 75.0 Å². The standard InChI is InChI=1S/C25H36O7.8CH4/c1-12-13(2)16-11-15(12)14(3)17(16)18-19(21(27)32-20(18)26)25(5,23(29)30-6)8-7-24(4)9-10-31-22(24)28;;;;;;;;/h12-19H,7-11H2,1-6H3;8*1H4. The summed E-state index contributed by atoms with van der Waals surface area (Å²) < 4.78 is 15.5. The monoisotopic (exact) mass is 576 g/mol. The number of esters is 4. The van der Waals surface area contributed by atoms with E-state index in [4.69, 9.17) is 14.2 Å². The van der Waals surface area contributed by atoms with Crippen LogP contribution >= 0.6 is 0 Å². The van der Waals surface area contributed by atoms with Crippen molar-refractivity contribution in [1.29, 1.82) is 0 Å². The first-order valence-electron chi connectivity index (χ1n) is 12.0. The maximum Gasteiger partial charge on any atom is 0.318 e. The van der Waals surface area contributed by atoms with E-state index in [0.717, 1.165) is 6.42 Å². The van der Waals surface area contributed by atoms with Crippen molar-refractivity contribution >= 4 is 23.9 Å². The van der Waals surface area contributed by atoms with Crippen molar-refractivity contribution in [3.05, 3.63) is 0 Å². The van der Waals surface area contributed by atoms with Gasteiger partial charge in [-0.1, -0.05) is 80.2 Å². The highest BCUT2D eigenvalue weighted by atomic mass is 16.6. The van der Waals surface area contributed by atoms with E-state index in [0.29, 0.717) is 43.1 Å². The molecule has 2 aliphatic heterocycles. The first kappa shape index (κ1) is 47.8. The van der Waals surface area contributed by atoms with Gasteiger partial charge in [0.1, 0.15) is 0 Å². The second-order valence-electron chi connectivity index (χ2n) is 11.3. The minimum atomic E-state index is -1.26. The zero-order valence-corrected chi connectivity index (χ0v) is 20.0. The van der Waals surface area contributed by atoms with Crippen LogP contribution in [-0.2, 0) is 33.4 Å². The van der Waals surface area contributed by atoms with Crippen LogP contribution in [0.1, 0.15) is 120 Å². The molecule has 0 N–H and O–H groups in total. The number of ether oxygens (including phenoxy) is 3. The van der Waals surface area contributed by atoms with Gasteiger partial charge in [-0.3, -0.25) is 19.2 Å². The fraction of sp³-hybridized carbons (Fsp3) is 0.879. The Balaban J connectivity index is -0.000000510. The van der Waals surface area contributed by atoms with Crippen molar-refractivity contribution in [3.8, 4) is 0 Å². The Morgan fingerprint density at radius 3 is 1.88 bits per heavy atom. The molecule has 10 unspecified atom stereocenters. The Labute approximate surface area is 248 Å². The molecule has 4 fully saturated rings. The Morgan fingerprint density at radius 1 is 0.900 bits per heavy atom. The van der Waals surface area contributed by atoms with Crippen molar-refractivity contribution in [2.24, 2.45) is 58.2 Å². The van der Waals surface area contributed by atoms with Gasteiger partial charge < -0.3 is 14.2 Å². The molecule has 0 aromatic heterocycles. The second-order valence-corrected chi connectivity index (χ2v) is 11.3. The predicted octanol–water partition coefficient (Wildman–Crippen LogP) is 8.48. The van der Waals surface area contributed by atoms with E-state index in [-0.39, 0.29) is 83.6 Å². The fourth-order valence-electron chi connectivity index (χ4n) is 7.57. The topological polar surface area (TPSA) is 96.0 Å². The van der Waals surface area contributed by atoms with E-state index >= 15 is 0 Å². The minimum absolute atomic E-state index is 0. The van der Waals surface area contributed by atoms with Crippen LogP contribution in [0.4, 0.5) is 0 Å². The molecular formula is C33H68O7. The number of carbonyl (C=O) groups is 4. The van der Waals surface area contributed by atoms with E-state index in [2.05, 4.69) is 20.8 Å². The Hall–Kier alpha value is -1.92. The summed E-state index contributed by atoms with van der Waals surface area (Å²) >= 11 is 0. The summed E-state index contributed by atoms with van der Waals surface area (Å²) in [5, 5.41) is 0. The first-order chi connectivity index (χ1) is 15.0. The van der Waals surface area contributed by atoms with Gasteiger partial charge in [0.15, 0.2) is 0 Å². The van der Waals surface area contributed by atoms with Crippen molar-refractivity contribution in [1.82, 2.24) is 0 Å². The van der Waals surface area contributed by atoms with Crippen molar-refractivity contribution in [2.45, 2.75) is 120 Å². The van der Waals surface area contributed by atoms with Crippen LogP contribution in [0.25, 0.3) is 0 Å². The lowest BCUT2D eigenvalue weighted by Gasteiger charge is -2.42. The number of rotatable bonds is 6. The van der Waals surface area contributed by atoms with Gasteiger partial charge in [0.05, 0.1) is 36.4 Å². The van der Waals surface area contributed by atoms with E-state index in [1.54, 1.807) is 6.92 Å². The lowest BCUT2D eigenvalue weighted by molar-refractivity contribution is -0.165. The Kier molecular flexibility index (Phi) is 19.7. The van der Waals surface area contributed by atoms with E-state index < -0.39 is 40.6 Å². The highest BCUT2D eigenvalue weighted by Gasteiger charge is 2.65. The van der Waals surface area contributed by atoms with Crippen LogP contribution in [-0.4, -0.2) is 37.6 Å². The van der Waals surface area contributed by atoms with Gasteiger partial charge in [-0.25, -0.2) is 0 Å². The molecule has 0 aromatic carbocycles. The molecule has 7 heteroatoms. The predicted molar refractivity (Wildman–Crippen MR) is 168 cm³/mol. The molecule has 7 nitrogen and oxygen atoms in total. The highest BCUT2D eigenvalue weighted by molar-refractivity contribution is 6.00. The molecule has 40 heavy (non-hydrogen) atoms. The second kappa shape index (κ2) is 16.5. The molecule has 242 valence electrons. The molecule has 2 saturated heterocycles. The fourth-order valence-corrected chi connectivity index (χ4v) is 7.57. The average molecular weight is 577 g/mol. The summed E-state index contributed by atoms with van der Waals surface area (Å²) in [7, 11) is 1.30. The third-order valence-electron chi connectivity index (χ3n) is 9.92. The van der Waals surface area contributed by atoms with Gasteiger partial charge in [-0.15, -0.1) is 0 Å². The third-order valence-corrected chi connectivity index (χ3v) is 9.92. The van der Waals surface area contributed by atoms with Crippen molar-refractivity contribution < 1.29 is 33.4 Å². The number of hydrogen-bond donors (Lipinski definition) is 0. The first-order valence-corrected chi connectivity index (χ1v) is 12.0. The highest BCUT2D eigenvalue weighted by Crippen LogP contribution is 2.63. The van der Waals surface area contributed by atoms with Crippen molar-refractivity contribution in [3.63, 3.8) is 0 Å². The number of hydrogen-bond acceptors (Lipinski definition) is 7. The number of fused-ring (bicyclic) bond motifs is 2. The molecule has 0 radical (unpaired) electrons. The van der Waals surface area contributed by atoms with Gasteiger partial charge in [-0.2, -0.15) is 0 Å². The van der Waals surface area contributed by atoms with Crippen LogP contribution in [0.15, 0.2) is 0 Å². The normalized spacial score (nSPS) is 36.0. The largest absolute Gasteiger partial charge is 0.469 e. The maximum atomic E-state index is 13.1. The molecule has 2 aliphatic carbocycles. The van der Waals surface area contributed by atoms with Crippen molar-refractivity contribution in [2.75, 3.05) is 13.7 Å². The van der Waals surface area contributed by atoms with Crippen LogP contribution in [0.2, 0.25) is 0 Å². The minimum Gasteiger partial charge on any atom is -0.469 e. The molecule has 0 spiro atoms. The van der Waals surface area contributed by atoms with E-state index in [9.17, 15) is 19.2 Å². The summed E-state index contributed by atoms with van der Waals surface area (Å²) in [4.78, 5) is 51.5. The van der Waals surface area contributed by atoms with Gasteiger partial charge >= 0.3 is 23.9 Å². The lowest BCUT2D eigenvalue weighted by Crippen LogP contribution is -2.48. The summed E-state index contributed by atoms with van der Waals surface area (Å²) in [5.74, 6) is -1.35. The van der Waals surface area contributed by atoms with Crippen LogP contribution in [0, 0.1) is 58.2 Å². The molecular weight excluding hydrogens is 508 g/mol. The molecule has 0 aromatic rings. The average Bonchev–Trinajstić information content (AvgIpc) is 3.43. The van der Waals surface area contributed by atoms with Gasteiger partial charge in [0.2, 0.25) is 0 Å². The number of carbonyl (C=O) groups excluding carboxylic acids is 4. The molecule has 0 amide bonds. The van der Waals surface area contributed by atoms with E-state index in [1.165, 1.54) is 7.11 Å². The van der Waals surface area contributed by atoms with Gasteiger partial charge in [0.25, 0.3) is 0 Å². The molecule has 4 aliphatic rings. The molecule has 2 saturated carbocycles. The van der Waals surface area contributed by atoms with Gasteiger partial charge in [0, 0.05) is 0 Å². The number of cyclic esters (lactones) is 3.